The summed E-state index contributed by atoms with van der Waals surface area (Å²) in [6.45, 7) is 7.36. The molecule has 1 N–H and O–H groups in total. The van der Waals surface area contributed by atoms with Crippen molar-refractivity contribution in [2.24, 2.45) is 7.05 Å². The molecule has 23 heavy (non-hydrogen) atoms. The van der Waals surface area contributed by atoms with Gasteiger partial charge in [0.25, 0.3) is 5.91 Å². The van der Waals surface area contributed by atoms with Gasteiger partial charge in [0.15, 0.2) is 0 Å². The summed E-state index contributed by atoms with van der Waals surface area (Å²) in [4.78, 5) is 13.9. The van der Waals surface area contributed by atoms with Gasteiger partial charge in [-0.25, -0.2) is 0 Å². The van der Waals surface area contributed by atoms with Crippen molar-refractivity contribution >= 4 is 12.0 Å². The van der Waals surface area contributed by atoms with E-state index in [1.54, 1.807) is 38.5 Å². The molecule has 1 rings (SSSR count). The van der Waals surface area contributed by atoms with E-state index in [1.807, 2.05) is 13.0 Å². The largest absolute Gasteiger partial charge is 0.389 e. The number of hydrogen-bond acceptors (Lipinski definition) is 4. The Hall–Kier alpha value is -2.57. The summed E-state index contributed by atoms with van der Waals surface area (Å²) in [6.07, 6.45) is 1.49. The highest BCUT2D eigenvalue weighted by atomic mass is 16.3. The van der Waals surface area contributed by atoms with Gasteiger partial charge in [-0.15, -0.1) is 0 Å². The van der Waals surface area contributed by atoms with E-state index in [0.717, 1.165) is 5.69 Å². The zero-order chi connectivity index (χ0) is 17.8. The maximum Gasteiger partial charge on any atom is 0.264 e. The molecule has 0 saturated heterocycles. The van der Waals surface area contributed by atoms with Crippen molar-refractivity contribution in [1.29, 1.82) is 10.5 Å². The molecule has 0 fully saturated rings. The molecular weight excluding hydrogens is 292 g/mol. The lowest BCUT2D eigenvalue weighted by atomic mass is 10.1. The molecule has 0 atom stereocenters. The van der Waals surface area contributed by atoms with Crippen LogP contribution >= 0.6 is 0 Å². The monoisotopic (exact) mass is 314 g/mol. The first-order chi connectivity index (χ1) is 10.6. The van der Waals surface area contributed by atoms with Gasteiger partial charge < -0.3 is 14.6 Å². The molecule has 0 saturated carbocycles. The molecule has 122 valence electrons. The number of aliphatic hydroxyl groups is 1. The minimum absolute atomic E-state index is 0.0192. The molecule has 0 bridgehead atoms. The Kier molecular flexibility index (Phi) is 5.73. The quantitative estimate of drug-likeness (QED) is 0.661. The Balaban J connectivity index is 3.20. The maximum absolute atomic E-state index is 12.5. The number of amides is 1. The number of carbonyl (C=O) groups excluding carboxylic acids is 1. The van der Waals surface area contributed by atoms with Gasteiger partial charge in [0.1, 0.15) is 23.4 Å². The summed E-state index contributed by atoms with van der Waals surface area (Å²) in [5.74, 6) is -0.432. The van der Waals surface area contributed by atoms with Crippen LogP contribution in [-0.4, -0.2) is 39.2 Å². The van der Waals surface area contributed by atoms with Crippen LogP contribution in [0.1, 0.15) is 37.7 Å². The summed E-state index contributed by atoms with van der Waals surface area (Å²) >= 11 is 0. The van der Waals surface area contributed by atoms with Crippen molar-refractivity contribution < 1.29 is 9.90 Å². The summed E-state index contributed by atoms with van der Waals surface area (Å²) < 4.78 is 1.71. The molecule has 0 aliphatic heterocycles. The van der Waals surface area contributed by atoms with Gasteiger partial charge in [-0.3, -0.25) is 4.79 Å². The van der Waals surface area contributed by atoms with Crippen molar-refractivity contribution in [3.05, 3.63) is 28.6 Å². The van der Waals surface area contributed by atoms with Crippen molar-refractivity contribution in [3.8, 4) is 12.1 Å². The fourth-order valence-electron chi connectivity index (χ4n) is 2.24. The van der Waals surface area contributed by atoms with Crippen molar-refractivity contribution in [2.75, 3.05) is 13.1 Å². The van der Waals surface area contributed by atoms with E-state index in [4.69, 9.17) is 5.26 Å². The van der Waals surface area contributed by atoms with E-state index >= 15 is 0 Å². The van der Waals surface area contributed by atoms with Crippen molar-refractivity contribution in [2.45, 2.75) is 33.3 Å². The molecular formula is C17H22N4O2. The molecule has 0 spiro atoms. The Labute approximate surface area is 136 Å². The van der Waals surface area contributed by atoms with Gasteiger partial charge in [0, 0.05) is 25.8 Å². The lowest BCUT2D eigenvalue weighted by Gasteiger charge is -2.27. The molecule has 0 aliphatic rings. The van der Waals surface area contributed by atoms with E-state index in [1.165, 1.54) is 11.0 Å². The minimum Gasteiger partial charge on any atom is -0.389 e. The van der Waals surface area contributed by atoms with E-state index in [0.29, 0.717) is 17.8 Å². The van der Waals surface area contributed by atoms with Gasteiger partial charge in [-0.2, -0.15) is 10.5 Å². The van der Waals surface area contributed by atoms with Crippen molar-refractivity contribution in [3.63, 3.8) is 0 Å². The van der Waals surface area contributed by atoms with Crippen LogP contribution in [0.3, 0.4) is 0 Å². The topological polar surface area (TPSA) is 93.1 Å². The molecule has 1 heterocycles. The zero-order valence-corrected chi connectivity index (χ0v) is 14.2. The lowest BCUT2D eigenvalue weighted by molar-refractivity contribution is -0.129. The zero-order valence-electron chi connectivity index (χ0n) is 14.2. The highest BCUT2D eigenvalue weighted by Gasteiger charge is 2.24. The Bertz CT molecular complexity index is 709. The number of carbonyl (C=O) groups is 1. The number of nitrogens with zero attached hydrogens (tertiary/aromatic N) is 4. The molecule has 1 amide bonds. The van der Waals surface area contributed by atoms with Crippen LogP contribution in [0.15, 0.2) is 11.6 Å². The Morgan fingerprint density at radius 1 is 1.48 bits per heavy atom. The predicted octanol–water partition coefficient (Wildman–Crippen LogP) is 1.73. The van der Waals surface area contributed by atoms with Gasteiger partial charge in [0.05, 0.1) is 5.60 Å². The van der Waals surface area contributed by atoms with Crippen LogP contribution in [0, 0.1) is 29.6 Å². The Morgan fingerprint density at radius 3 is 2.48 bits per heavy atom. The van der Waals surface area contributed by atoms with Gasteiger partial charge >= 0.3 is 0 Å². The molecule has 1 aromatic heterocycles. The number of likely N-dealkylation sites (N-methyl/N-ethyl adjacent to an activating group) is 1. The van der Waals surface area contributed by atoms with Gasteiger partial charge in [-0.05, 0) is 45.4 Å². The molecule has 0 radical (unpaired) electrons. The summed E-state index contributed by atoms with van der Waals surface area (Å²) in [5.41, 5.74) is 0.862. The van der Waals surface area contributed by atoms with E-state index in [-0.39, 0.29) is 12.1 Å². The first kappa shape index (κ1) is 18.5. The number of rotatable bonds is 5. The van der Waals surface area contributed by atoms with Crippen LogP contribution in [0.4, 0.5) is 0 Å². The summed E-state index contributed by atoms with van der Waals surface area (Å²) in [5, 5.41) is 28.3. The third-order valence-electron chi connectivity index (χ3n) is 3.59. The van der Waals surface area contributed by atoms with Crippen LogP contribution in [0.25, 0.3) is 6.08 Å². The standard InChI is InChI=1S/C17H22N4O2/c1-6-21(11-17(3,4)23)16(22)14(9-18)7-13-8-15(10-19)20(5)12(13)2/h7-8,23H,6,11H2,1-5H3. The molecule has 0 aliphatic carbocycles. The fourth-order valence-corrected chi connectivity index (χ4v) is 2.24. The second-order valence-corrected chi connectivity index (χ2v) is 6.04. The molecule has 0 aromatic carbocycles. The normalized spacial score (nSPS) is 11.7. The first-order valence-corrected chi connectivity index (χ1v) is 7.34. The van der Waals surface area contributed by atoms with Crippen LogP contribution in [-0.2, 0) is 11.8 Å². The summed E-state index contributed by atoms with van der Waals surface area (Å²) in [6, 6.07) is 5.63. The third-order valence-corrected chi connectivity index (χ3v) is 3.59. The lowest BCUT2D eigenvalue weighted by Crippen LogP contribution is -2.42. The third kappa shape index (κ3) is 4.45. The van der Waals surface area contributed by atoms with E-state index < -0.39 is 11.5 Å². The number of aromatic nitrogens is 1. The average Bonchev–Trinajstić information content (AvgIpc) is 2.76. The molecule has 1 aromatic rings. The van der Waals surface area contributed by atoms with Crippen molar-refractivity contribution in [1.82, 2.24) is 9.47 Å². The Morgan fingerprint density at radius 2 is 2.09 bits per heavy atom. The van der Waals surface area contributed by atoms with E-state index in [2.05, 4.69) is 6.07 Å². The predicted molar refractivity (Wildman–Crippen MR) is 87.0 cm³/mol. The second kappa shape index (κ2) is 7.13. The molecule has 6 nitrogen and oxygen atoms in total. The average molecular weight is 314 g/mol. The number of nitriles is 2. The second-order valence-electron chi connectivity index (χ2n) is 6.04. The van der Waals surface area contributed by atoms with Gasteiger partial charge in [-0.1, -0.05) is 0 Å². The highest BCUT2D eigenvalue weighted by Crippen LogP contribution is 2.18. The van der Waals surface area contributed by atoms with E-state index in [9.17, 15) is 15.2 Å². The molecule has 0 unspecified atom stereocenters. The summed E-state index contributed by atoms with van der Waals surface area (Å²) in [7, 11) is 1.76. The smallest absolute Gasteiger partial charge is 0.264 e. The minimum atomic E-state index is -1.04. The number of hydrogen-bond donors (Lipinski definition) is 1. The highest BCUT2D eigenvalue weighted by molar-refractivity contribution is 6.01. The fraction of sp³-hybridized carbons (Fsp3) is 0.471. The first-order valence-electron chi connectivity index (χ1n) is 7.34. The molecule has 6 heteroatoms. The van der Waals surface area contributed by atoms with Crippen LogP contribution in [0.2, 0.25) is 0 Å². The van der Waals surface area contributed by atoms with Gasteiger partial charge in [0.2, 0.25) is 0 Å². The van der Waals surface area contributed by atoms with Crippen LogP contribution in [0.5, 0.6) is 0 Å². The maximum atomic E-state index is 12.5. The van der Waals surface area contributed by atoms with Crippen LogP contribution < -0.4 is 0 Å². The SMILES string of the molecule is CCN(CC(C)(C)O)C(=O)C(C#N)=Cc1cc(C#N)n(C)c1C.